The Balaban J connectivity index is 1.63. The molecule has 5 rings (SSSR count). The second-order valence-corrected chi connectivity index (χ2v) is 11.2. The molecule has 0 aromatic heterocycles. The van der Waals surface area contributed by atoms with Crippen molar-refractivity contribution in [3.8, 4) is 5.75 Å². The van der Waals surface area contributed by atoms with Crippen LogP contribution < -0.4 is 15.4 Å². The highest BCUT2D eigenvalue weighted by atomic mass is 35.5. The molecule has 0 aliphatic carbocycles. The first kappa shape index (κ1) is 28.9. The summed E-state index contributed by atoms with van der Waals surface area (Å²) in [7, 11) is 0. The third-order valence-electron chi connectivity index (χ3n) is 7.50. The van der Waals surface area contributed by atoms with Crippen LogP contribution in [0.3, 0.4) is 0 Å². The van der Waals surface area contributed by atoms with Crippen LogP contribution in [-0.4, -0.2) is 61.3 Å². The van der Waals surface area contributed by atoms with Gasteiger partial charge in [0.05, 0.1) is 25.2 Å². The van der Waals surface area contributed by atoms with Crippen LogP contribution in [0.2, 0.25) is 15.1 Å². The highest BCUT2D eigenvalue weighted by molar-refractivity contribution is 6.31. The molecule has 2 fully saturated rings. The van der Waals surface area contributed by atoms with Gasteiger partial charge < -0.3 is 14.4 Å². The van der Waals surface area contributed by atoms with E-state index in [-0.39, 0.29) is 18.0 Å². The lowest BCUT2D eigenvalue weighted by Crippen LogP contribution is -2.62. The zero-order valence-corrected chi connectivity index (χ0v) is 24.3. The van der Waals surface area contributed by atoms with Crippen LogP contribution in [0.5, 0.6) is 5.75 Å². The molecule has 2 atom stereocenters. The minimum atomic E-state index is -1.34. The van der Waals surface area contributed by atoms with Crippen molar-refractivity contribution in [2.75, 3.05) is 39.3 Å². The lowest BCUT2D eigenvalue weighted by atomic mass is 9.95. The Morgan fingerprint density at radius 3 is 1.90 bits per heavy atom. The van der Waals surface area contributed by atoms with Gasteiger partial charge in [-0.2, -0.15) is 0 Å². The highest BCUT2D eigenvalue weighted by Crippen LogP contribution is 2.45. The van der Waals surface area contributed by atoms with E-state index in [2.05, 4.69) is 10.6 Å². The van der Waals surface area contributed by atoms with Crippen molar-refractivity contribution in [3.63, 3.8) is 0 Å². The number of ether oxygens (including phenoxy) is 1. The molecule has 3 aromatic rings. The third kappa shape index (κ3) is 5.86. The number of hydrogen-bond donors (Lipinski definition) is 2. The van der Waals surface area contributed by atoms with Gasteiger partial charge in [-0.1, -0.05) is 65.1 Å². The Bertz CT molecular complexity index is 1290. The predicted octanol–water partition coefficient (Wildman–Crippen LogP) is 5.22. The van der Waals surface area contributed by atoms with Crippen molar-refractivity contribution in [2.45, 2.75) is 24.7 Å². The molecule has 2 aliphatic rings. The Labute approximate surface area is 249 Å². The molecule has 2 saturated heterocycles. The van der Waals surface area contributed by atoms with Gasteiger partial charge in [0.1, 0.15) is 12.0 Å². The Kier molecular flexibility index (Phi) is 9.00. The number of amides is 1. The average molecular weight is 602 g/mol. The van der Waals surface area contributed by atoms with Crippen LogP contribution in [0, 0.1) is 0 Å². The van der Waals surface area contributed by atoms with E-state index < -0.39 is 5.66 Å². The van der Waals surface area contributed by atoms with E-state index >= 15 is 0 Å². The normalized spacial score (nSPS) is 23.2. The molecule has 3 aromatic carbocycles. The smallest absolute Gasteiger partial charge is 0.262 e. The van der Waals surface area contributed by atoms with Crippen molar-refractivity contribution in [2.24, 2.45) is 0 Å². The van der Waals surface area contributed by atoms with E-state index in [0.29, 0.717) is 65.7 Å². The summed E-state index contributed by atoms with van der Waals surface area (Å²) in [6, 6.07) is 20.0. The molecule has 2 aliphatic heterocycles. The highest BCUT2D eigenvalue weighted by Gasteiger charge is 2.54. The molecule has 2 unspecified atom stereocenters. The first-order valence-electron chi connectivity index (χ1n) is 13.3. The molecule has 10 heteroatoms. The number of carbonyl (C=O) groups is 2. The molecule has 2 heterocycles. The fraction of sp³-hybridized carbons (Fsp3) is 0.333. The van der Waals surface area contributed by atoms with Gasteiger partial charge in [0, 0.05) is 46.8 Å². The van der Waals surface area contributed by atoms with Gasteiger partial charge in [0.15, 0.2) is 5.66 Å². The number of nitrogens with zero attached hydrogens (tertiary/aromatic N) is 2. The lowest BCUT2D eigenvalue weighted by molar-refractivity contribution is -0.141. The number of hydrogen-bond acceptors (Lipinski definition) is 6. The number of carbonyl (C=O) groups excluding carboxylic acids is 2. The van der Waals surface area contributed by atoms with Crippen molar-refractivity contribution in [3.05, 3.63) is 98.5 Å². The number of aldehydes is 1. The predicted molar refractivity (Wildman–Crippen MR) is 158 cm³/mol. The standard InChI is InChI=1S/C30H31Cl3N4O3/c1-2-40-26-19-24(33)11-12-25(26)30(29(39)37-15-13-36(14-16-37)17-18-38)34-27(20-3-7-22(31)8-4-20)28(35-30)21-5-9-23(32)10-6-21/h3-12,18-19,27-28,34-35H,2,13-17H2,1H3. The minimum Gasteiger partial charge on any atom is -0.493 e. The summed E-state index contributed by atoms with van der Waals surface area (Å²) in [5, 5.41) is 9.17. The molecule has 40 heavy (non-hydrogen) atoms. The van der Waals surface area contributed by atoms with Crippen LogP contribution in [0.4, 0.5) is 0 Å². The molecule has 7 nitrogen and oxygen atoms in total. The Morgan fingerprint density at radius 1 is 0.875 bits per heavy atom. The molecule has 1 amide bonds. The van der Waals surface area contributed by atoms with E-state index in [1.807, 2.05) is 71.3 Å². The lowest BCUT2D eigenvalue weighted by Gasteiger charge is -2.40. The van der Waals surface area contributed by atoms with Gasteiger partial charge in [-0.3, -0.25) is 20.3 Å². The largest absolute Gasteiger partial charge is 0.493 e. The second kappa shape index (κ2) is 12.5. The van der Waals surface area contributed by atoms with Crippen molar-refractivity contribution >= 4 is 47.0 Å². The summed E-state index contributed by atoms with van der Waals surface area (Å²) in [6.07, 6.45) is 0.897. The molecular weight excluding hydrogens is 571 g/mol. The van der Waals surface area contributed by atoms with Gasteiger partial charge >= 0.3 is 0 Å². The quantitative estimate of drug-likeness (QED) is 0.345. The van der Waals surface area contributed by atoms with E-state index in [1.165, 1.54) is 0 Å². The average Bonchev–Trinajstić information content (AvgIpc) is 3.36. The Hall–Kier alpha value is -2.65. The number of halogens is 3. The van der Waals surface area contributed by atoms with Crippen LogP contribution in [0.1, 0.15) is 35.7 Å². The summed E-state index contributed by atoms with van der Waals surface area (Å²) in [5.41, 5.74) is 1.24. The monoisotopic (exact) mass is 600 g/mol. The number of nitrogens with one attached hydrogen (secondary N) is 2. The van der Waals surface area contributed by atoms with E-state index in [0.717, 1.165) is 17.4 Å². The topological polar surface area (TPSA) is 73.9 Å². The number of benzene rings is 3. The van der Waals surface area contributed by atoms with Crippen molar-refractivity contribution in [1.82, 2.24) is 20.4 Å². The third-order valence-corrected chi connectivity index (χ3v) is 8.24. The summed E-state index contributed by atoms with van der Waals surface area (Å²) in [5.74, 6) is 0.395. The fourth-order valence-electron chi connectivity index (χ4n) is 5.52. The SMILES string of the molecule is CCOc1cc(Cl)ccc1C1(C(=O)N2CCN(CC=O)CC2)NC(c2ccc(Cl)cc2)C(c2ccc(Cl)cc2)N1. The summed E-state index contributed by atoms with van der Waals surface area (Å²) in [6.45, 7) is 4.87. The summed E-state index contributed by atoms with van der Waals surface area (Å²) >= 11 is 18.8. The van der Waals surface area contributed by atoms with Crippen LogP contribution in [0.15, 0.2) is 66.7 Å². The van der Waals surface area contributed by atoms with Gasteiger partial charge in [-0.05, 0) is 54.4 Å². The molecular formula is C30H31Cl3N4O3. The van der Waals surface area contributed by atoms with Gasteiger partial charge in [-0.15, -0.1) is 0 Å². The van der Waals surface area contributed by atoms with Crippen LogP contribution in [-0.2, 0) is 15.3 Å². The maximum Gasteiger partial charge on any atom is 0.262 e. The van der Waals surface area contributed by atoms with E-state index in [4.69, 9.17) is 39.5 Å². The number of rotatable bonds is 8. The maximum atomic E-state index is 14.7. The summed E-state index contributed by atoms with van der Waals surface area (Å²) in [4.78, 5) is 29.6. The molecule has 2 N–H and O–H groups in total. The molecule has 0 spiro atoms. The van der Waals surface area contributed by atoms with Crippen LogP contribution in [0.25, 0.3) is 0 Å². The second-order valence-electron chi connectivity index (χ2n) is 9.93. The van der Waals surface area contributed by atoms with Gasteiger partial charge in [-0.25, -0.2) is 0 Å². The van der Waals surface area contributed by atoms with E-state index in [1.54, 1.807) is 12.1 Å². The van der Waals surface area contributed by atoms with Crippen molar-refractivity contribution < 1.29 is 14.3 Å². The molecule has 0 saturated carbocycles. The minimum absolute atomic E-state index is 0.128. The first-order valence-corrected chi connectivity index (χ1v) is 14.4. The van der Waals surface area contributed by atoms with E-state index in [9.17, 15) is 9.59 Å². The molecule has 210 valence electrons. The first-order chi connectivity index (χ1) is 19.3. The summed E-state index contributed by atoms with van der Waals surface area (Å²) < 4.78 is 6.04. The molecule has 0 bridgehead atoms. The molecule has 0 radical (unpaired) electrons. The van der Waals surface area contributed by atoms with Gasteiger partial charge in [0.2, 0.25) is 0 Å². The van der Waals surface area contributed by atoms with Gasteiger partial charge in [0.25, 0.3) is 5.91 Å². The zero-order chi connectivity index (χ0) is 28.3. The fourth-order valence-corrected chi connectivity index (χ4v) is 5.93. The Morgan fingerprint density at radius 2 is 1.40 bits per heavy atom. The number of piperazine rings is 1. The van der Waals surface area contributed by atoms with Crippen molar-refractivity contribution in [1.29, 1.82) is 0 Å². The maximum absolute atomic E-state index is 14.7. The zero-order valence-electron chi connectivity index (χ0n) is 22.1. The van der Waals surface area contributed by atoms with Crippen LogP contribution >= 0.6 is 34.8 Å².